The van der Waals surface area contributed by atoms with Crippen LogP contribution in [0.1, 0.15) is 32.6 Å². The van der Waals surface area contributed by atoms with Crippen LogP contribution in [0.3, 0.4) is 0 Å². The minimum Gasteiger partial charge on any atom is -0.324 e. The van der Waals surface area contributed by atoms with Crippen LogP contribution in [0.2, 0.25) is 0 Å². The molecule has 1 N–H and O–H groups in total. The maximum absolute atomic E-state index is 11.5. The van der Waals surface area contributed by atoms with Gasteiger partial charge in [-0.2, -0.15) is 0 Å². The summed E-state index contributed by atoms with van der Waals surface area (Å²) < 4.78 is 0. The van der Waals surface area contributed by atoms with E-state index in [1.807, 2.05) is 4.90 Å². The van der Waals surface area contributed by atoms with Gasteiger partial charge in [0.15, 0.2) is 0 Å². The Bertz CT molecular complexity index is 191. The molecule has 2 saturated heterocycles. The normalized spacial score (nSPS) is 36.4. The van der Waals surface area contributed by atoms with Crippen molar-refractivity contribution in [3.63, 3.8) is 0 Å². The third kappa shape index (κ3) is 1.22. The van der Waals surface area contributed by atoms with Crippen molar-refractivity contribution in [1.29, 1.82) is 0 Å². The average molecular weight is 168 g/mol. The zero-order valence-electron chi connectivity index (χ0n) is 7.55. The molecule has 0 saturated carbocycles. The first-order valence-corrected chi connectivity index (χ1v) is 4.83. The highest BCUT2D eigenvalue weighted by Gasteiger charge is 2.33. The zero-order chi connectivity index (χ0) is 8.55. The van der Waals surface area contributed by atoms with Crippen molar-refractivity contribution < 1.29 is 4.79 Å². The molecule has 2 fully saturated rings. The highest BCUT2D eigenvalue weighted by atomic mass is 16.2. The van der Waals surface area contributed by atoms with Gasteiger partial charge in [0, 0.05) is 19.0 Å². The molecule has 0 aromatic heterocycles. The molecule has 2 atom stereocenters. The van der Waals surface area contributed by atoms with E-state index in [0.717, 1.165) is 13.0 Å². The van der Waals surface area contributed by atoms with Gasteiger partial charge in [-0.1, -0.05) is 0 Å². The fourth-order valence-corrected chi connectivity index (χ4v) is 2.29. The number of nitrogens with one attached hydrogen (secondary N) is 1. The van der Waals surface area contributed by atoms with Crippen LogP contribution in [0.4, 0.5) is 0 Å². The Hall–Kier alpha value is -0.570. The predicted octanol–water partition coefficient (Wildman–Crippen LogP) is 0.707. The molecule has 68 valence electrons. The summed E-state index contributed by atoms with van der Waals surface area (Å²) in [6.45, 7) is 3.02. The summed E-state index contributed by atoms with van der Waals surface area (Å²) in [5.74, 6) is 0.339. The lowest BCUT2D eigenvalue weighted by Gasteiger charge is -2.44. The molecule has 3 heteroatoms. The van der Waals surface area contributed by atoms with Crippen LogP contribution in [-0.2, 0) is 4.79 Å². The molecule has 0 aliphatic carbocycles. The van der Waals surface area contributed by atoms with E-state index in [-0.39, 0.29) is 0 Å². The number of carbonyl (C=O) groups is 1. The molecule has 0 aromatic carbocycles. The van der Waals surface area contributed by atoms with E-state index < -0.39 is 0 Å². The van der Waals surface area contributed by atoms with Crippen LogP contribution in [0.15, 0.2) is 0 Å². The third-order valence-corrected chi connectivity index (χ3v) is 2.92. The van der Waals surface area contributed by atoms with Crippen molar-refractivity contribution in [3.05, 3.63) is 0 Å². The maximum Gasteiger partial charge on any atom is 0.225 e. The van der Waals surface area contributed by atoms with Gasteiger partial charge in [0.25, 0.3) is 0 Å². The molecular formula is C9H16N2O. The van der Waals surface area contributed by atoms with Gasteiger partial charge in [-0.3, -0.25) is 10.1 Å². The number of hydrogen-bond acceptors (Lipinski definition) is 2. The Morgan fingerprint density at radius 3 is 3.08 bits per heavy atom. The molecule has 3 nitrogen and oxygen atoms in total. The van der Waals surface area contributed by atoms with E-state index in [4.69, 9.17) is 0 Å². The number of carbonyl (C=O) groups excluding carboxylic acids is 1. The summed E-state index contributed by atoms with van der Waals surface area (Å²) in [6, 6.07) is 0.448. The number of amides is 1. The van der Waals surface area contributed by atoms with Gasteiger partial charge in [0.2, 0.25) is 5.91 Å². The summed E-state index contributed by atoms with van der Waals surface area (Å²) in [4.78, 5) is 13.6. The van der Waals surface area contributed by atoms with Gasteiger partial charge in [0.1, 0.15) is 0 Å². The first-order valence-electron chi connectivity index (χ1n) is 4.83. The zero-order valence-corrected chi connectivity index (χ0v) is 7.55. The van der Waals surface area contributed by atoms with Crippen LogP contribution in [-0.4, -0.2) is 29.6 Å². The molecule has 0 aromatic rings. The van der Waals surface area contributed by atoms with Crippen LogP contribution >= 0.6 is 0 Å². The van der Waals surface area contributed by atoms with E-state index in [1.54, 1.807) is 0 Å². The molecule has 0 spiro atoms. The van der Waals surface area contributed by atoms with E-state index in [2.05, 4.69) is 12.2 Å². The van der Waals surface area contributed by atoms with Crippen LogP contribution < -0.4 is 5.32 Å². The Morgan fingerprint density at radius 1 is 1.50 bits per heavy atom. The topological polar surface area (TPSA) is 32.3 Å². The second kappa shape index (κ2) is 3.05. The summed E-state index contributed by atoms with van der Waals surface area (Å²) in [7, 11) is 0. The Balaban J connectivity index is 2.12. The van der Waals surface area contributed by atoms with Crippen molar-refractivity contribution in [2.24, 2.45) is 0 Å². The quantitative estimate of drug-likeness (QED) is 0.577. The summed E-state index contributed by atoms with van der Waals surface area (Å²) >= 11 is 0. The Morgan fingerprint density at radius 2 is 2.33 bits per heavy atom. The van der Waals surface area contributed by atoms with Crippen molar-refractivity contribution in [1.82, 2.24) is 10.2 Å². The smallest absolute Gasteiger partial charge is 0.225 e. The standard InChI is InChI=1S/C9H16N2O/c1-7-3-2-4-8-10-6-5-9(12)11(7)8/h7-8,10H,2-6H2,1H3. The lowest BCUT2D eigenvalue weighted by atomic mass is 9.98. The van der Waals surface area contributed by atoms with Crippen molar-refractivity contribution in [2.45, 2.75) is 44.8 Å². The molecule has 2 rings (SSSR count). The van der Waals surface area contributed by atoms with Crippen molar-refractivity contribution in [3.8, 4) is 0 Å². The number of fused-ring (bicyclic) bond motifs is 1. The molecule has 0 bridgehead atoms. The molecule has 0 radical (unpaired) electrons. The van der Waals surface area contributed by atoms with Gasteiger partial charge >= 0.3 is 0 Å². The molecule has 2 aliphatic rings. The van der Waals surface area contributed by atoms with Gasteiger partial charge < -0.3 is 4.90 Å². The largest absolute Gasteiger partial charge is 0.324 e. The Kier molecular flexibility index (Phi) is 2.05. The highest BCUT2D eigenvalue weighted by molar-refractivity contribution is 5.77. The highest BCUT2D eigenvalue weighted by Crippen LogP contribution is 2.23. The first kappa shape index (κ1) is 8.05. The molecule has 12 heavy (non-hydrogen) atoms. The summed E-state index contributed by atoms with van der Waals surface area (Å²) in [5, 5.41) is 3.39. The average Bonchev–Trinajstić information content (AvgIpc) is 2.04. The fraction of sp³-hybridized carbons (Fsp3) is 0.889. The second-order valence-corrected chi connectivity index (χ2v) is 3.80. The SMILES string of the molecule is CC1CCCC2NCCC(=O)N12. The minimum absolute atomic E-state index is 0.339. The Labute approximate surface area is 73.1 Å². The van der Waals surface area contributed by atoms with Gasteiger partial charge in [-0.05, 0) is 26.2 Å². The minimum atomic E-state index is 0.339. The summed E-state index contributed by atoms with van der Waals surface area (Å²) in [5.41, 5.74) is 0. The van der Waals surface area contributed by atoms with E-state index >= 15 is 0 Å². The van der Waals surface area contributed by atoms with Crippen LogP contribution in [0.25, 0.3) is 0 Å². The number of piperidine rings is 1. The van der Waals surface area contributed by atoms with Crippen LogP contribution in [0.5, 0.6) is 0 Å². The van der Waals surface area contributed by atoms with Gasteiger partial charge in [-0.15, -0.1) is 0 Å². The van der Waals surface area contributed by atoms with Crippen LogP contribution in [0, 0.1) is 0 Å². The van der Waals surface area contributed by atoms with E-state index in [0.29, 0.717) is 24.5 Å². The molecular weight excluding hydrogens is 152 g/mol. The van der Waals surface area contributed by atoms with Gasteiger partial charge in [-0.25, -0.2) is 0 Å². The van der Waals surface area contributed by atoms with Crippen molar-refractivity contribution >= 4 is 5.91 Å². The monoisotopic (exact) mass is 168 g/mol. The maximum atomic E-state index is 11.5. The fourth-order valence-electron chi connectivity index (χ4n) is 2.29. The van der Waals surface area contributed by atoms with E-state index in [1.165, 1.54) is 12.8 Å². The van der Waals surface area contributed by atoms with Crippen molar-refractivity contribution in [2.75, 3.05) is 6.54 Å². The lowest BCUT2D eigenvalue weighted by Crippen LogP contribution is -2.59. The number of rotatable bonds is 0. The lowest BCUT2D eigenvalue weighted by molar-refractivity contribution is -0.141. The summed E-state index contributed by atoms with van der Waals surface area (Å²) in [6.07, 6.45) is 4.58. The number of nitrogens with zero attached hydrogens (tertiary/aromatic N) is 1. The molecule has 2 unspecified atom stereocenters. The number of hydrogen-bond donors (Lipinski definition) is 1. The molecule has 1 amide bonds. The second-order valence-electron chi connectivity index (χ2n) is 3.80. The predicted molar refractivity (Wildman–Crippen MR) is 46.6 cm³/mol. The third-order valence-electron chi connectivity index (χ3n) is 2.92. The molecule has 2 heterocycles. The molecule has 2 aliphatic heterocycles. The van der Waals surface area contributed by atoms with Gasteiger partial charge in [0.05, 0.1) is 6.17 Å². The first-order chi connectivity index (χ1) is 5.79. The van der Waals surface area contributed by atoms with E-state index in [9.17, 15) is 4.79 Å².